The minimum absolute atomic E-state index is 0.118. The molecular weight excluding hydrogens is 214 g/mol. The first kappa shape index (κ1) is 12.0. The molecule has 92 valence electrons. The normalized spacial score (nSPS) is 14.5. The molecule has 1 N–H and O–H groups in total. The summed E-state index contributed by atoms with van der Waals surface area (Å²) < 4.78 is 0. The van der Waals surface area contributed by atoms with Crippen molar-refractivity contribution in [2.24, 2.45) is 0 Å². The second-order valence-electron chi connectivity index (χ2n) is 4.62. The molecule has 0 bridgehead atoms. The van der Waals surface area contributed by atoms with Gasteiger partial charge in [-0.15, -0.1) is 0 Å². The second-order valence-corrected chi connectivity index (χ2v) is 4.62. The first-order valence-electron chi connectivity index (χ1n) is 6.29. The third kappa shape index (κ3) is 2.78. The minimum atomic E-state index is -0.761. The zero-order valence-electron chi connectivity index (χ0n) is 10.3. The van der Waals surface area contributed by atoms with Crippen molar-refractivity contribution in [3.8, 4) is 0 Å². The summed E-state index contributed by atoms with van der Waals surface area (Å²) in [7, 11) is 0. The van der Waals surface area contributed by atoms with E-state index in [4.69, 9.17) is 5.11 Å². The maximum Gasteiger partial charge on any atom is 0.307 e. The van der Waals surface area contributed by atoms with E-state index in [-0.39, 0.29) is 6.42 Å². The topological polar surface area (TPSA) is 40.5 Å². The quantitative estimate of drug-likeness (QED) is 0.868. The highest BCUT2D eigenvalue weighted by Gasteiger charge is 2.16. The van der Waals surface area contributed by atoms with Gasteiger partial charge in [0, 0.05) is 18.8 Å². The number of anilines is 1. The Morgan fingerprint density at radius 2 is 2.29 bits per heavy atom. The van der Waals surface area contributed by atoms with Gasteiger partial charge in [-0.2, -0.15) is 0 Å². The van der Waals surface area contributed by atoms with Crippen molar-refractivity contribution in [3.63, 3.8) is 0 Å². The molecule has 1 aliphatic heterocycles. The first-order chi connectivity index (χ1) is 8.20. The fraction of sp³-hybridized carbons (Fsp3) is 0.500. The number of carboxylic acids is 1. The molecule has 0 aliphatic carbocycles. The molecule has 0 aromatic heterocycles. The lowest BCUT2D eigenvalue weighted by Crippen LogP contribution is -2.30. The third-order valence-electron chi connectivity index (χ3n) is 3.21. The standard InChI is InChI=1S/C14H19NO2/c1-2-7-15-8-3-4-12-6-5-11(9-13(12)15)10-14(16)17/h5-6,9H,2-4,7-8,10H2,1H3,(H,16,17). The molecular formula is C14H19NO2. The molecule has 1 aromatic carbocycles. The number of nitrogens with zero attached hydrogens (tertiary/aromatic N) is 1. The van der Waals surface area contributed by atoms with Gasteiger partial charge >= 0.3 is 5.97 Å². The molecule has 3 nitrogen and oxygen atoms in total. The molecule has 2 rings (SSSR count). The number of rotatable bonds is 4. The summed E-state index contributed by atoms with van der Waals surface area (Å²) >= 11 is 0. The third-order valence-corrected chi connectivity index (χ3v) is 3.21. The number of hydrogen-bond donors (Lipinski definition) is 1. The summed E-state index contributed by atoms with van der Waals surface area (Å²) in [5, 5.41) is 8.83. The van der Waals surface area contributed by atoms with Crippen molar-refractivity contribution >= 4 is 11.7 Å². The molecule has 0 saturated heterocycles. The van der Waals surface area contributed by atoms with Gasteiger partial charge in [-0.3, -0.25) is 4.79 Å². The van der Waals surface area contributed by atoms with E-state index < -0.39 is 5.97 Å². The summed E-state index contributed by atoms with van der Waals surface area (Å²) in [5.41, 5.74) is 3.51. The number of hydrogen-bond acceptors (Lipinski definition) is 2. The maximum atomic E-state index is 10.7. The monoisotopic (exact) mass is 233 g/mol. The minimum Gasteiger partial charge on any atom is -0.481 e. The number of aliphatic carboxylic acids is 1. The van der Waals surface area contributed by atoms with E-state index in [9.17, 15) is 4.79 Å². The molecule has 0 saturated carbocycles. The van der Waals surface area contributed by atoms with Gasteiger partial charge in [0.15, 0.2) is 0 Å². The van der Waals surface area contributed by atoms with Crippen LogP contribution in [0.15, 0.2) is 18.2 Å². The van der Waals surface area contributed by atoms with E-state index in [0.717, 1.165) is 31.5 Å². The molecule has 0 amide bonds. The number of fused-ring (bicyclic) bond motifs is 1. The van der Waals surface area contributed by atoms with Gasteiger partial charge in [-0.25, -0.2) is 0 Å². The van der Waals surface area contributed by atoms with E-state index >= 15 is 0 Å². The Labute approximate surface area is 102 Å². The molecule has 1 aliphatic rings. The van der Waals surface area contributed by atoms with Crippen molar-refractivity contribution in [2.45, 2.75) is 32.6 Å². The highest BCUT2D eigenvalue weighted by Crippen LogP contribution is 2.28. The van der Waals surface area contributed by atoms with Gasteiger partial charge in [-0.05, 0) is 36.5 Å². The second kappa shape index (κ2) is 5.21. The Bertz CT molecular complexity index is 415. The van der Waals surface area contributed by atoms with Crippen LogP contribution in [0.1, 0.15) is 30.9 Å². The van der Waals surface area contributed by atoms with Crippen molar-refractivity contribution in [1.29, 1.82) is 0 Å². The Hall–Kier alpha value is -1.51. The van der Waals surface area contributed by atoms with Crippen molar-refractivity contribution in [2.75, 3.05) is 18.0 Å². The zero-order valence-corrected chi connectivity index (χ0v) is 10.3. The molecule has 0 radical (unpaired) electrons. The summed E-state index contributed by atoms with van der Waals surface area (Å²) in [6, 6.07) is 6.09. The summed E-state index contributed by atoms with van der Waals surface area (Å²) in [6.07, 6.45) is 3.56. The van der Waals surface area contributed by atoms with Crippen LogP contribution in [0.25, 0.3) is 0 Å². The lowest BCUT2D eigenvalue weighted by atomic mass is 9.98. The van der Waals surface area contributed by atoms with Crippen LogP contribution in [0.3, 0.4) is 0 Å². The van der Waals surface area contributed by atoms with Gasteiger partial charge in [0.05, 0.1) is 6.42 Å². The van der Waals surface area contributed by atoms with Crippen LogP contribution in [-0.2, 0) is 17.6 Å². The van der Waals surface area contributed by atoms with Crippen LogP contribution in [0.2, 0.25) is 0 Å². The van der Waals surface area contributed by atoms with Gasteiger partial charge in [-0.1, -0.05) is 19.1 Å². The van der Waals surface area contributed by atoms with E-state index in [1.54, 1.807) is 0 Å². The Morgan fingerprint density at radius 1 is 1.47 bits per heavy atom. The van der Waals surface area contributed by atoms with Crippen molar-refractivity contribution < 1.29 is 9.90 Å². The largest absolute Gasteiger partial charge is 0.481 e. The molecule has 0 unspecified atom stereocenters. The number of carboxylic acid groups (broad SMARTS) is 1. The van der Waals surface area contributed by atoms with E-state index in [1.165, 1.54) is 17.7 Å². The van der Waals surface area contributed by atoms with Crippen molar-refractivity contribution in [3.05, 3.63) is 29.3 Å². The molecule has 0 fully saturated rings. The number of benzene rings is 1. The van der Waals surface area contributed by atoms with Gasteiger partial charge in [0.25, 0.3) is 0 Å². The van der Waals surface area contributed by atoms with Crippen LogP contribution in [-0.4, -0.2) is 24.2 Å². The van der Waals surface area contributed by atoms with Crippen LogP contribution in [0.4, 0.5) is 5.69 Å². The predicted molar refractivity (Wildman–Crippen MR) is 68.6 cm³/mol. The lowest BCUT2D eigenvalue weighted by Gasteiger charge is -2.31. The molecule has 1 aromatic rings. The van der Waals surface area contributed by atoms with Crippen LogP contribution >= 0.6 is 0 Å². The van der Waals surface area contributed by atoms with E-state index in [0.29, 0.717) is 0 Å². The van der Waals surface area contributed by atoms with E-state index in [1.807, 2.05) is 6.07 Å². The fourth-order valence-corrected chi connectivity index (χ4v) is 2.48. The van der Waals surface area contributed by atoms with E-state index in [2.05, 4.69) is 24.0 Å². The number of aryl methyl sites for hydroxylation is 1. The molecule has 1 heterocycles. The Morgan fingerprint density at radius 3 is 3.00 bits per heavy atom. The van der Waals surface area contributed by atoms with Crippen LogP contribution in [0, 0.1) is 0 Å². The summed E-state index contributed by atoms with van der Waals surface area (Å²) in [6.45, 7) is 4.33. The van der Waals surface area contributed by atoms with Gasteiger partial charge in [0.2, 0.25) is 0 Å². The average Bonchev–Trinajstić information content (AvgIpc) is 2.29. The molecule has 0 atom stereocenters. The Kier molecular flexibility index (Phi) is 3.67. The summed E-state index contributed by atoms with van der Waals surface area (Å²) in [4.78, 5) is 13.1. The molecule has 17 heavy (non-hydrogen) atoms. The molecule has 0 spiro atoms. The average molecular weight is 233 g/mol. The molecule has 3 heteroatoms. The lowest BCUT2D eigenvalue weighted by molar-refractivity contribution is -0.136. The van der Waals surface area contributed by atoms with Gasteiger partial charge < -0.3 is 10.0 Å². The zero-order chi connectivity index (χ0) is 12.3. The first-order valence-corrected chi connectivity index (χ1v) is 6.29. The maximum absolute atomic E-state index is 10.7. The highest BCUT2D eigenvalue weighted by atomic mass is 16.4. The summed E-state index contributed by atoms with van der Waals surface area (Å²) in [5.74, 6) is -0.761. The number of carbonyl (C=O) groups is 1. The van der Waals surface area contributed by atoms with Crippen molar-refractivity contribution in [1.82, 2.24) is 0 Å². The Balaban J connectivity index is 2.26. The fourth-order valence-electron chi connectivity index (χ4n) is 2.48. The van der Waals surface area contributed by atoms with Crippen LogP contribution in [0.5, 0.6) is 0 Å². The van der Waals surface area contributed by atoms with Crippen LogP contribution < -0.4 is 4.90 Å². The SMILES string of the molecule is CCCN1CCCc2ccc(CC(=O)O)cc21. The van der Waals surface area contributed by atoms with Gasteiger partial charge in [0.1, 0.15) is 0 Å². The smallest absolute Gasteiger partial charge is 0.307 e. The highest BCUT2D eigenvalue weighted by molar-refractivity contribution is 5.71. The predicted octanol–water partition coefficient (Wildman–Crippen LogP) is 2.48.